The van der Waals surface area contributed by atoms with Gasteiger partial charge in [-0.05, 0) is 58.5 Å². The normalized spacial score (nSPS) is 15.0. The highest BCUT2D eigenvalue weighted by atomic mass is 32.1. The van der Waals surface area contributed by atoms with Gasteiger partial charge in [0, 0.05) is 19.6 Å². The zero-order valence-corrected chi connectivity index (χ0v) is 12.0. The average molecular weight is 287 g/mol. The van der Waals surface area contributed by atoms with Gasteiger partial charge in [-0.1, -0.05) is 6.07 Å². The second-order valence-electron chi connectivity index (χ2n) is 5.20. The van der Waals surface area contributed by atoms with Crippen molar-refractivity contribution in [3.8, 4) is 0 Å². The quantitative estimate of drug-likeness (QED) is 0.939. The SMILES string of the molecule is O=C(O)c1ccc2c(c1)CN(CCc1ccsc1)CC2. The zero-order valence-electron chi connectivity index (χ0n) is 11.2. The molecule has 20 heavy (non-hydrogen) atoms. The fourth-order valence-corrected chi connectivity index (χ4v) is 3.36. The molecule has 0 amide bonds. The van der Waals surface area contributed by atoms with Gasteiger partial charge in [0.2, 0.25) is 0 Å². The third kappa shape index (κ3) is 2.92. The third-order valence-corrected chi connectivity index (χ3v) is 4.57. The van der Waals surface area contributed by atoms with E-state index in [-0.39, 0.29) is 0 Å². The Morgan fingerprint density at radius 1 is 1.30 bits per heavy atom. The van der Waals surface area contributed by atoms with Crippen molar-refractivity contribution in [2.45, 2.75) is 19.4 Å². The Kier molecular flexibility index (Phi) is 3.85. The smallest absolute Gasteiger partial charge is 0.335 e. The standard InChI is InChI=1S/C16H17NO2S/c18-16(19)14-2-1-13-4-7-17(10-15(13)9-14)6-3-12-5-8-20-11-12/h1-2,5,8-9,11H,3-4,6-7,10H2,(H,18,19). The molecular formula is C16H17NO2S. The molecule has 0 aliphatic carbocycles. The molecule has 1 aliphatic rings. The second kappa shape index (κ2) is 5.77. The Morgan fingerprint density at radius 2 is 2.20 bits per heavy atom. The highest BCUT2D eigenvalue weighted by Crippen LogP contribution is 2.21. The Labute approximate surface area is 122 Å². The summed E-state index contributed by atoms with van der Waals surface area (Å²) in [6.45, 7) is 2.96. The molecular weight excluding hydrogens is 270 g/mol. The molecule has 1 aromatic carbocycles. The van der Waals surface area contributed by atoms with Gasteiger partial charge in [0.05, 0.1) is 5.56 Å². The first-order valence-corrected chi connectivity index (χ1v) is 7.75. The van der Waals surface area contributed by atoms with Crippen molar-refractivity contribution in [1.29, 1.82) is 0 Å². The van der Waals surface area contributed by atoms with Crippen molar-refractivity contribution in [3.63, 3.8) is 0 Å². The van der Waals surface area contributed by atoms with Crippen molar-refractivity contribution in [2.75, 3.05) is 13.1 Å². The molecule has 1 aliphatic heterocycles. The average Bonchev–Trinajstić information content (AvgIpc) is 2.97. The fraction of sp³-hybridized carbons (Fsp3) is 0.312. The summed E-state index contributed by atoms with van der Waals surface area (Å²) in [5, 5.41) is 13.4. The van der Waals surface area contributed by atoms with Crippen molar-refractivity contribution < 1.29 is 9.90 Å². The van der Waals surface area contributed by atoms with E-state index in [9.17, 15) is 4.79 Å². The molecule has 2 aromatic rings. The molecule has 0 saturated heterocycles. The van der Waals surface area contributed by atoms with Gasteiger partial charge < -0.3 is 5.11 Å². The van der Waals surface area contributed by atoms with Gasteiger partial charge in [0.15, 0.2) is 0 Å². The largest absolute Gasteiger partial charge is 0.478 e. The predicted molar refractivity (Wildman–Crippen MR) is 80.4 cm³/mol. The summed E-state index contributed by atoms with van der Waals surface area (Å²) in [4.78, 5) is 13.4. The number of nitrogens with zero attached hydrogens (tertiary/aromatic N) is 1. The first-order chi connectivity index (χ1) is 9.72. The first-order valence-electron chi connectivity index (χ1n) is 6.81. The molecule has 0 bridgehead atoms. The van der Waals surface area contributed by atoms with E-state index in [0.717, 1.165) is 32.5 Å². The summed E-state index contributed by atoms with van der Waals surface area (Å²) in [5.41, 5.74) is 4.24. The molecule has 3 nitrogen and oxygen atoms in total. The number of carboxylic acids is 1. The second-order valence-corrected chi connectivity index (χ2v) is 5.98. The molecule has 0 unspecified atom stereocenters. The van der Waals surface area contributed by atoms with E-state index < -0.39 is 5.97 Å². The van der Waals surface area contributed by atoms with Crippen LogP contribution in [-0.2, 0) is 19.4 Å². The van der Waals surface area contributed by atoms with Crippen LogP contribution in [0.15, 0.2) is 35.0 Å². The lowest BCUT2D eigenvalue weighted by Gasteiger charge is -2.28. The number of fused-ring (bicyclic) bond motifs is 1. The van der Waals surface area contributed by atoms with Crippen LogP contribution in [0.2, 0.25) is 0 Å². The first kappa shape index (κ1) is 13.3. The Bertz CT molecular complexity index is 607. The van der Waals surface area contributed by atoms with Crippen LogP contribution in [0.25, 0.3) is 0 Å². The molecule has 2 heterocycles. The van der Waals surface area contributed by atoms with E-state index in [0.29, 0.717) is 5.56 Å². The minimum atomic E-state index is -0.844. The molecule has 0 saturated carbocycles. The summed E-state index contributed by atoms with van der Waals surface area (Å²) in [7, 11) is 0. The number of hydrogen-bond donors (Lipinski definition) is 1. The van der Waals surface area contributed by atoms with Crippen molar-refractivity contribution in [2.24, 2.45) is 0 Å². The van der Waals surface area contributed by atoms with E-state index in [1.165, 1.54) is 16.7 Å². The van der Waals surface area contributed by atoms with Gasteiger partial charge in [-0.15, -0.1) is 0 Å². The summed E-state index contributed by atoms with van der Waals surface area (Å²) in [6.07, 6.45) is 2.08. The monoisotopic (exact) mass is 287 g/mol. The van der Waals surface area contributed by atoms with E-state index >= 15 is 0 Å². The maximum absolute atomic E-state index is 11.0. The molecule has 0 atom stereocenters. The number of carboxylic acid groups (broad SMARTS) is 1. The fourth-order valence-electron chi connectivity index (χ4n) is 2.66. The molecule has 4 heteroatoms. The summed E-state index contributed by atoms with van der Waals surface area (Å²) in [5.74, 6) is -0.844. The van der Waals surface area contributed by atoms with Crippen molar-refractivity contribution in [1.82, 2.24) is 4.90 Å². The number of benzene rings is 1. The number of carbonyl (C=O) groups is 1. The topological polar surface area (TPSA) is 40.5 Å². The van der Waals surface area contributed by atoms with E-state index in [1.54, 1.807) is 17.4 Å². The minimum absolute atomic E-state index is 0.392. The van der Waals surface area contributed by atoms with E-state index in [2.05, 4.69) is 21.7 Å². The zero-order chi connectivity index (χ0) is 13.9. The van der Waals surface area contributed by atoms with Crippen LogP contribution in [0.4, 0.5) is 0 Å². The van der Waals surface area contributed by atoms with Gasteiger partial charge in [0.1, 0.15) is 0 Å². The lowest BCUT2D eigenvalue weighted by Crippen LogP contribution is -2.32. The van der Waals surface area contributed by atoms with Gasteiger partial charge in [-0.3, -0.25) is 4.90 Å². The minimum Gasteiger partial charge on any atom is -0.478 e. The lowest BCUT2D eigenvalue weighted by atomic mass is 9.97. The van der Waals surface area contributed by atoms with Crippen LogP contribution >= 0.6 is 11.3 Å². The van der Waals surface area contributed by atoms with Gasteiger partial charge in [0.25, 0.3) is 0 Å². The Morgan fingerprint density at radius 3 is 2.95 bits per heavy atom. The predicted octanol–water partition coefficient (Wildman–Crippen LogP) is 3.05. The molecule has 104 valence electrons. The number of thiophene rings is 1. The number of aromatic carboxylic acids is 1. The third-order valence-electron chi connectivity index (χ3n) is 3.84. The summed E-state index contributed by atoms with van der Waals surface area (Å²) in [6, 6.07) is 7.68. The molecule has 0 fully saturated rings. The van der Waals surface area contributed by atoms with Crippen molar-refractivity contribution in [3.05, 3.63) is 57.3 Å². The van der Waals surface area contributed by atoms with Crippen molar-refractivity contribution >= 4 is 17.3 Å². The van der Waals surface area contributed by atoms with Gasteiger partial charge >= 0.3 is 5.97 Å². The van der Waals surface area contributed by atoms with Crippen LogP contribution in [0.3, 0.4) is 0 Å². The number of rotatable bonds is 4. The number of hydrogen-bond acceptors (Lipinski definition) is 3. The Balaban J connectivity index is 1.67. The van der Waals surface area contributed by atoms with Crippen LogP contribution in [0, 0.1) is 0 Å². The maximum atomic E-state index is 11.0. The lowest BCUT2D eigenvalue weighted by molar-refractivity contribution is 0.0696. The van der Waals surface area contributed by atoms with Gasteiger partial charge in [-0.2, -0.15) is 11.3 Å². The molecule has 3 rings (SSSR count). The molecule has 0 spiro atoms. The highest BCUT2D eigenvalue weighted by molar-refractivity contribution is 7.07. The van der Waals surface area contributed by atoms with Crippen LogP contribution in [-0.4, -0.2) is 29.1 Å². The Hall–Kier alpha value is -1.65. The van der Waals surface area contributed by atoms with E-state index in [4.69, 9.17) is 5.11 Å². The van der Waals surface area contributed by atoms with E-state index in [1.807, 2.05) is 12.1 Å². The van der Waals surface area contributed by atoms with Crippen LogP contribution < -0.4 is 0 Å². The van der Waals surface area contributed by atoms with Gasteiger partial charge in [-0.25, -0.2) is 4.79 Å². The van der Waals surface area contributed by atoms with Crippen LogP contribution in [0.1, 0.15) is 27.0 Å². The summed E-state index contributed by atoms with van der Waals surface area (Å²) < 4.78 is 0. The highest BCUT2D eigenvalue weighted by Gasteiger charge is 2.17. The maximum Gasteiger partial charge on any atom is 0.335 e. The molecule has 0 radical (unpaired) electrons. The van der Waals surface area contributed by atoms with Crippen LogP contribution in [0.5, 0.6) is 0 Å². The molecule has 1 N–H and O–H groups in total. The summed E-state index contributed by atoms with van der Waals surface area (Å²) >= 11 is 1.74. The molecule has 1 aromatic heterocycles.